The molecule has 4 heteroatoms. The SMILES string of the molecule is O=CCNCCc1ccc2c(c1)OCCO2. The van der Waals surface area contributed by atoms with Crippen LogP contribution >= 0.6 is 0 Å². The first-order valence-corrected chi connectivity index (χ1v) is 5.43. The minimum absolute atomic E-state index is 0.407. The smallest absolute Gasteiger partial charge is 0.161 e. The van der Waals surface area contributed by atoms with Crippen molar-refractivity contribution < 1.29 is 14.3 Å². The molecule has 1 N–H and O–H groups in total. The number of aldehydes is 1. The summed E-state index contributed by atoms with van der Waals surface area (Å²) in [6, 6.07) is 5.96. The number of carbonyl (C=O) groups is 1. The molecule has 1 aliphatic rings. The fraction of sp³-hybridized carbons (Fsp3) is 0.417. The topological polar surface area (TPSA) is 47.6 Å². The summed E-state index contributed by atoms with van der Waals surface area (Å²) >= 11 is 0. The molecule has 0 saturated carbocycles. The molecule has 0 atom stereocenters. The average Bonchev–Trinajstić information content (AvgIpc) is 2.34. The number of hydrogen-bond acceptors (Lipinski definition) is 4. The van der Waals surface area contributed by atoms with Crippen LogP contribution in [0.1, 0.15) is 5.56 Å². The summed E-state index contributed by atoms with van der Waals surface area (Å²) in [5.74, 6) is 1.63. The third-order valence-corrected chi connectivity index (χ3v) is 2.42. The highest BCUT2D eigenvalue weighted by atomic mass is 16.6. The molecule has 1 aromatic carbocycles. The normalized spacial score (nSPS) is 13.5. The van der Waals surface area contributed by atoms with E-state index in [1.54, 1.807) is 0 Å². The lowest BCUT2D eigenvalue weighted by Gasteiger charge is -2.18. The van der Waals surface area contributed by atoms with E-state index in [1.807, 2.05) is 18.2 Å². The molecular weight excluding hydrogens is 206 g/mol. The molecule has 0 amide bonds. The van der Waals surface area contributed by atoms with Gasteiger partial charge >= 0.3 is 0 Å². The van der Waals surface area contributed by atoms with E-state index in [0.29, 0.717) is 19.8 Å². The Morgan fingerprint density at radius 3 is 2.88 bits per heavy atom. The van der Waals surface area contributed by atoms with Crippen molar-refractivity contribution in [2.24, 2.45) is 0 Å². The second-order valence-electron chi connectivity index (χ2n) is 3.60. The van der Waals surface area contributed by atoms with Crippen molar-refractivity contribution in [2.45, 2.75) is 6.42 Å². The predicted molar refractivity (Wildman–Crippen MR) is 60.1 cm³/mol. The van der Waals surface area contributed by atoms with Crippen LogP contribution in [0, 0.1) is 0 Å². The van der Waals surface area contributed by atoms with Gasteiger partial charge in [0.15, 0.2) is 11.5 Å². The van der Waals surface area contributed by atoms with Crippen molar-refractivity contribution in [3.05, 3.63) is 23.8 Å². The van der Waals surface area contributed by atoms with Gasteiger partial charge in [0.05, 0.1) is 6.54 Å². The Hall–Kier alpha value is -1.55. The van der Waals surface area contributed by atoms with Crippen molar-refractivity contribution in [1.29, 1.82) is 0 Å². The Labute approximate surface area is 94.6 Å². The van der Waals surface area contributed by atoms with Gasteiger partial charge in [0.1, 0.15) is 19.5 Å². The highest BCUT2D eigenvalue weighted by Crippen LogP contribution is 2.30. The molecule has 0 spiro atoms. The number of carbonyl (C=O) groups excluding carboxylic acids is 1. The summed E-state index contributed by atoms with van der Waals surface area (Å²) < 4.78 is 10.9. The largest absolute Gasteiger partial charge is 0.486 e. The first kappa shape index (κ1) is 11.0. The van der Waals surface area contributed by atoms with Crippen LogP contribution in [-0.4, -0.2) is 32.6 Å². The number of rotatable bonds is 5. The lowest BCUT2D eigenvalue weighted by molar-refractivity contribution is -0.107. The van der Waals surface area contributed by atoms with Crippen molar-refractivity contribution in [1.82, 2.24) is 5.32 Å². The van der Waals surface area contributed by atoms with Crippen LogP contribution in [0.4, 0.5) is 0 Å². The third kappa shape index (κ3) is 2.73. The van der Waals surface area contributed by atoms with Gasteiger partial charge in [-0.1, -0.05) is 6.07 Å². The quantitative estimate of drug-likeness (QED) is 0.590. The van der Waals surface area contributed by atoms with Gasteiger partial charge in [-0.05, 0) is 30.7 Å². The molecule has 0 bridgehead atoms. The molecule has 2 rings (SSSR count). The van der Waals surface area contributed by atoms with Crippen molar-refractivity contribution in [3.8, 4) is 11.5 Å². The number of nitrogens with one attached hydrogen (secondary N) is 1. The van der Waals surface area contributed by atoms with Crippen LogP contribution in [0.2, 0.25) is 0 Å². The molecule has 0 radical (unpaired) electrons. The van der Waals surface area contributed by atoms with E-state index in [4.69, 9.17) is 9.47 Å². The van der Waals surface area contributed by atoms with Gasteiger partial charge in [-0.15, -0.1) is 0 Å². The molecule has 1 aromatic rings. The van der Waals surface area contributed by atoms with Crippen molar-refractivity contribution >= 4 is 6.29 Å². The third-order valence-electron chi connectivity index (χ3n) is 2.42. The maximum absolute atomic E-state index is 10.1. The van der Waals surface area contributed by atoms with E-state index in [9.17, 15) is 4.79 Å². The summed E-state index contributed by atoms with van der Waals surface area (Å²) in [6.45, 7) is 2.43. The van der Waals surface area contributed by atoms with E-state index in [2.05, 4.69) is 5.32 Å². The monoisotopic (exact) mass is 221 g/mol. The Kier molecular flexibility index (Phi) is 3.77. The molecule has 4 nitrogen and oxygen atoms in total. The van der Waals surface area contributed by atoms with Crippen LogP contribution in [0.25, 0.3) is 0 Å². The Morgan fingerprint density at radius 2 is 2.06 bits per heavy atom. The molecule has 0 aromatic heterocycles. The first-order valence-electron chi connectivity index (χ1n) is 5.43. The predicted octanol–water partition coefficient (Wildman–Crippen LogP) is 0.789. The molecule has 0 aliphatic carbocycles. The zero-order valence-corrected chi connectivity index (χ0v) is 9.07. The molecule has 0 saturated heterocycles. The van der Waals surface area contributed by atoms with E-state index >= 15 is 0 Å². The van der Waals surface area contributed by atoms with E-state index in [0.717, 1.165) is 30.8 Å². The van der Waals surface area contributed by atoms with Gasteiger partial charge in [-0.3, -0.25) is 0 Å². The molecule has 1 heterocycles. The fourth-order valence-corrected chi connectivity index (χ4v) is 1.64. The highest BCUT2D eigenvalue weighted by molar-refractivity contribution is 5.51. The summed E-state index contributed by atoms with van der Waals surface area (Å²) in [7, 11) is 0. The Balaban J connectivity index is 1.92. The summed E-state index contributed by atoms with van der Waals surface area (Å²) in [5.41, 5.74) is 1.18. The second-order valence-corrected chi connectivity index (χ2v) is 3.60. The zero-order chi connectivity index (χ0) is 11.2. The number of ether oxygens (including phenoxy) is 2. The van der Waals surface area contributed by atoms with E-state index in [1.165, 1.54) is 5.56 Å². The molecule has 86 valence electrons. The van der Waals surface area contributed by atoms with Gasteiger partial charge < -0.3 is 19.6 Å². The van der Waals surface area contributed by atoms with E-state index in [-0.39, 0.29) is 0 Å². The van der Waals surface area contributed by atoms with Crippen LogP contribution in [0.15, 0.2) is 18.2 Å². The summed E-state index contributed by atoms with van der Waals surface area (Å²) in [4.78, 5) is 10.1. The Morgan fingerprint density at radius 1 is 1.25 bits per heavy atom. The minimum Gasteiger partial charge on any atom is -0.486 e. The molecule has 1 aliphatic heterocycles. The number of hydrogen-bond donors (Lipinski definition) is 1. The van der Waals surface area contributed by atoms with Crippen LogP contribution in [0.5, 0.6) is 11.5 Å². The minimum atomic E-state index is 0.407. The summed E-state index contributed by atoms with van der Waals surface area (Å²) in [5, 5.41) is 3.02. The lowest BCUT2D eigenvalue weighted by atomic mass is 10.1. The standard InChI is InChI=1S/C12H15NO3/c14-6-5-13-4-3-10-1-2-11-12(9-10)16-8-7-15-11/h1-2,6,9,13H,3-5,7-8H2. The van der Waals surface area contributed by atoms with Crippen LogP contribution in [-0.2, 0) is 11.2 Å². The van der Waals surface area contributed by atoms with Crippen LogP contribution < -0.4 is 14.8 Å². The molecule has 0 fully saturated rings. The van der Waals surface area contributed by atoms with Gasteiger partial charge in [0.2, 0.25) is 0 Å². The van der Waals surface area contributed by atoms with Crippen molar-refractivity contribution in [2.75, 3.05) is 26.3 Å². The zero-order valence-electron chi connectivity index (χ0n) is 9.07. The summed E-state index contributed by atoms with van der Waals surface area (Å²) in [6.07, 6.45) is 1.74. The molecule has 0 unspecified atom stereocenters. The van der Waals surface area contributed by atoms with Gasteiger partial charge in [-0.25, -0.2) is 0 Å². The molecule has 16 heavy (non-hydrogen) atoms. The maximum Gasteiger partial charge on any atom is 0.161 e. The van der Waals surface area contributed by atoms with Gasteiger partial charge in [0.25, 0.3) is 0 Å². The fourth-order valence-electron chi connectivity index (χ4n) is 1.64. The van der Waals surface area contributed by atoms with Crippen molar-refractivity contribution in [3.63, 3.8) is 0 Å². The maximum atomic E-state index is 10.1. The van der Waals surface area contributed by atoms with E-state index < -0.39 is 0 Å². The first-order chi connectivity index (χ1) is 7.90. The highest BCUT2D eigenvalue weighted by Gasteiger charge is 2.11. The number of benzene rings is 1. The Bertz CT molecular complexity index is 365. The molecular formula is C12H15NO3. The number of fused-ring (bicyclic) bond motifs is 1. The van der Waals surface area contributed by atoms with Gasteiger partial charge in [-0.2, -0.15) is 0 Å². The lowest BCUT2D eigenvalue weighted by Crippen LogP contribution is -2.19. The van der Waals surface area contributed by atoms with Gasteiger partial charge in [0, 0.05) is 0 Å². The second kappa shape index (κ2) is 5.51. The average molecular weight is 221 g/mol. The van der Waals surface area contributed by atoms with Crippen LogP contribution in [0.3, 0.4) is 0 Å².